The Morgan fingerprint density at radius 3 is 1.67 bits per heavy atom. The first-order chi connectivity index (χ1) is 41.1. The first-order valence-electron chi connectivity index (χ1n) is 30.2. The molecule has 1 N–H and O–H groups in total. The Morgan fingerprint density at radius 2 is 0.976 bits per heavy atom. The number of aryl methyl sites for hydroxylation is 1. The summed E-state index contributed by atoms with van der Waals surface area (Å²) in [7, 11) is 1.69. The third kappa shape index (κ3) is 9.00. The summed E-state index contributed by atoms with van der Waals surface area (Å²) >= 11 is 0. The average molecular weight is 1100 g/mol. The number of methoxy groups -OCH3 is 1. The lowest BCUT2D eigenvalue weighted by molar-refractivity contribution is 0.416. The van der Waals surface area contributed by atoms with E-state index < -0.39 is 0 Å². The van der Waals surface area contributed by atoms with Crippen molar-refractivity contribution in [1.29, 1.82) is 0 Å². The van der Waals surface area contributed by atoms with Crippen molar-refractivity contribution in [2.75, 3.05) is 26.8 Å². The number of para-hydroxylation sites is 7. The molecule has 0 radical (unpaired) electrons. The van der Waals surface area contributed by atoms with Crippen LogP contribution in [0.3, 0.4) is 0 Å². The van der Waals surface area contributed by atoms with E-state index in [4.69, 9.17) is 9.15 Å². The van der Waals surface area contributed by atoms with E-state index in [0.717, 1.165) is 44.7 Å². The molecule has 2 fully saturated rings. The van der Waals surface area contributed by atoms with E-state index in [1.165, 1.54) is 148 Å². The zero-order valence-electron chi connectivity index (χ0n) is 47.4. The number of hydrogen-bond donors (Lipinski definition) is 1. The van der Waals surface area contributed by atoms with Gasteiger partial charge in [-0.15, -0.1) is 0 Å². The van der Waals surface area contributed by atoms with E-state index in [9.17, 15) is 0 Å². The van der Waals surface area contributed by atoms with Crippen LogP contribution < -0.4 is 40.6 Å². The van der Waals surface area contributed by atoms with Gasteiger partial charge < -0.3 is 28.8 Å². The highest BCUT2D eigenvalue weighted by Gasteiger charge is 2.48. The second-order valence-corrected chi connectivity index (χ2v) is 25.9. The van der Waals surface area contributed by atoms with Crippen LogP contribution in [0.4, 0.5) is 39.8 Å². The van der Waals surface area contributed by atoms with Crippen molar-refractivity contribution in [3.63, 3.8) is 0 Å². The number of rotatable bonds is 6. The zero-order valence-corrected chi connectivity index (χ0v) is 48.3. The summed E-state index contributed by atoms with van der Waals surface area (Å²) < 4.78 is 11.9. The molecule has 0 bridgehead atoms. The van der Waals surface area contributed by atoms with Crippen molar-refractivity contribution in [3.8, 4) is 39.1 Å². The Balaban J connectivity index is 0.000000109. The normalized spacial score (nSPS) is 15.6. The third-order valence-corrected chi connectivity index (χ3v) is 22.0. The zero-order chi connectivity index (χ0) is 55.4. The lowest BCUT2D eigenvalue weighted by Gasteiger charge is -2.39. The summed E-state index contributed by atoms with van der Waals surface area (Å²) in [6.07, 6.45) is 14.4. The number of anilines is 7. The van der Waals surface area contributed by atoms with E-state index in [2.05, 4.69) is 245 Å². The summed E-state index contributed by atoms with van der Waals surface area (Å²) in [5.74, 6) is 1.02. The van der Waals surface area contributed by atoms with E-state index in [-0.39, 0.29) is 21.9 Å². The van der Waals surface area contributed by atoms with E-state index in [1.54, 1.807) is 5.30 Å². The van der Waals surface area contributed by atoms with Gasteiger partial charge in [-0.1, -0.05) is 210 Å². The molecule has 6 aliphatic rings. The first-order valence-corrected chi connectivity index (χ1v) is 31.7. The Labute approximate surface area is 490 Å². The average Bonchev–Trinajstić information content (AvgIpc) is 2.16. The molecule has 2 saturated carbocycles. The topological polar surface area (TPSA) is 44.1 Å². The molecule has 4 aliphatic heterocycles. The Morgan fingerprint density at radius 1 is 0.446 bits per heavy atom. The van der Waals surface area contributed by atoms with Gasteiger partial charge >= 0.3 is 14.0 Å². The van der Waals surface area contributed by atoms with E-state index in [1.807, 2.05) is 19.2 Å². The largest absolute Gasteiger partial charge is 0.496 e. The maximum absolute atomic E-state index is 6.12. The minimum absolute atomic E-state index is 0.0408. The van der Waals surface area contributed by atoms with Crippen LogP contribution in [-0.4, -0.2) is 32.4 Å². The molecule has 0 atom stereocenters. The van der Waals surface area contributed by atoms with Crippen molar-refractivity contribution < 1.29 is 9.15 Å². The smallest absolute Gasteiger partial charge is 0.421 e. The van der Waals surface area contributed by atoms with Crippen LogP contribution in [0.5, 0.6) is 5.75 Å². The SMILES string of the molecule is COc1cccc(C)c1-c1ccccc1P(C1CCCCC1)C1CCCCC1.c1ccc2c(c1)B1N(c3ccc4oc5ccccc5c4c3)c3ccccc3N1c1ccccc1-2.c1ccc2c(c1)NB1c3ccccc3-c3ccccc3N12. The van der Waals surface area contributed by atoms with Crippen molar-refractivity contribution in [2.45, 2.75) is 82.4 Å². The highest BCUT2D eigenvalue weighted by Crippen LogP contribution is 2.57. The molecule has 11 aromatic rings. The van der Waals surface area contributed by atoms with E-state index >= 15 is 0 Å². The molecule has 406 valence electrons. The van der Waals surface area contributed by atoms with Crippen LogP contribution in [0.1, 0.15) is 69.8 Å². The number of nitrogens with one attached hydrogen (secondary N) is 1. The second kappa shape index (κ2) is 22.0. The van der Waals surface area contributed by atoms with Gasteiger partial charge in [-0.2, -0.15) is 0 Å². The molecule has 9 heteroatoms. The summed E-state index contributed by atoms with van der Waals surface area (Å²) in [6.45, 7) is 2.46. The van der Waals surface area contributed by atoms with Gasteiger partial charge in [-0.05, 0) is 149 Å². The first kappa shape index (κ1) is 51.4. The van der Waals surface area contributed by atoms with Crippen LogP contribution in [0.25, 0.3) is 55.3 Å². The fourth-order valence-corrected chi connectivity index (χ4v) is 18.8. The molecule has 2 aliphatic carbocycles. The monoisotopic (exact) mass is 1100 g/mol. The minimum atomic E-state index is -0.122. The quantitative estimate of drug-likeness (QED) is 0.132. The lowest BCUT2D eigenvalue weighted by atomic mass is 9.59. The van der Waals surface area contributed by atoms with Gasteiger partial charge in [0.1, 0.15) is 16.9 Å². The number of benzene rings is 10. The fraction of sp³-hybridized carbons (Fsp3) is 0.189. The molecule has 0 unspecified atom stereocenters. The van der Waals surface area contributed by atoms with Gasteiger partial charge in [0, 0.05) is 50.2 Å². The number of nitrogens with zero attached hydrogens (tertiary/aromatic N) is 3. The van der Waals surface area contributed by atoms with Crippen LogP contribution in [0.2, 0.25) is 0 Å². The third-order valence-electron chi connectivity index (χ3n) is 18.5. The Bertz CT molecular complexity index is 4190. The van der Waals surface area contributed by atoms with Crippen LogP contribution in [0, 0.1) is 6.92 Å². The molecular weight excluding hydrogens is 1030 g/mol. The highest BCUT2D eigenvalue weighted by molar-refractivity contribution is 7.67. The Hall–Kier alpha value is -8.44. The second-order valence-electron chi connectivity index (χ2n) is 23.2. The van der Waals surface area contributed by atoms with Crippen LogP contribution in [0.15, 0.2) is 235 Å². The summed E-state index contributed by atoms with van der Waals surface area (Å²) in [5.41, 5.74) is 24.2. The fourth-order valence-electron chi connectivity index (χ4n) is 14.8. The number of fused-ring (bicyclic) bond motifs is 19. The Kier molecular flexibility index (Phi) is 13.7. The lowest BCUT2D eigenvalue weighted by Crippen LogP contribution is -2.55. The van der Waals surface area contributed by atoms with Gasteiger partial charge in [0.05, 0.1) is 24.2 Å². The van der Waals surface area contributed by atoms with Gasteiger partial charge in [0.25, 0.3) is 0 Å². The van der Waals surface area contributed by atoms with Crippen LogP contribution >= 0.6 is 7.92 Å². The molecule has 83 heavy (non-hydrogen) atoms. The van der Waals surface area contributed by atoms with Gasteiger partial charge in [0.2, 0.25) is 0 Å². The van der Waals surface area contributed by atoms with E-state index in [0.29, 0.717) is 0 Å². The summed E-state index contributed by atoms with van der Waals surface area (Å²) in [6, 6.07) is 82.8. The molecule has 0 amide bonds. The van der Waals surface area contributed by atoms with Crippen LogP contribution in [-0.2, 0) is 0 Å². The molecule has 0 saturated heterocycles. The highest BCUT2D eigenvalue weighted by atomic mass is 31.1. The molecular formula is C74H67B2N4O2P. The molecule has 0 spiro atoms. The number of hydrogen-bond acceptors (Lipinski definition) is 6. The molecule has 1 aromatic heterocycles. The molecule has 10 aromatic carbocycles. The van der Waals surface area contributed by atoms with Crippen molar-refractivity contribution in [2.24, 2.45) is 0 Å². The van der Waals surface area contributed by atoms with Crippen molar-refractivity contribution in [1.82, 2.24) is 0 Å². The van der Waals surface area contributed by atoms with Crippen molar-refractivity contribution in [3.05, 3.63) is 236 Å². The predicted molar refractivity (Wildman–Crippen MR) is 355 cm³/mol. The van der Waals surface area contributed by atoms with Gasteiger partial charge in [-0.3, -0.25) is 0 Å². The minimum Gasteiger partial charge on any atom is -0.496 e. The molecule has 5 heterocycles. The maximum atomic E-state index is 6.12. The number of furan rings is 1. The predicted octanol–water partition coefficient (Wildman–Crippen LogP) is 18.3. The standard InChI is InChI=1S/C30H19BN2O.C26H35OP.C18H13BN2/c1-4-12-25-21(9-1)22-10-2-5-13-26(22)33-28-15-7-6-14-27(28)32(31(25)33)20-17-18-30-24(19-20)23-11-3-8-16-29(23)34-30;1-20-12-11-18-24(27-2)26(20)23-17-9-10-19-25(23)28(21-13-5-3-6-14-21)22-15-7-4-8-16-22;1-3-9-15-13(7-1)14-8-2-5-11-17(14)21-18-12-6-4-10-16(18)20-19(15)21/h1-19H;9-12,17-19,21-22H,3-8,13-16H2,1-2H3;1-12,20H. The summed E-state index contributed by atoms with van der Waals surface area (Å²) in [5, 5.41) is 7.61. The summed E-state index contributed by atoms with van der Waals surface area (Å²) in [4.78, 5) is 7.38. The molecule has 17 rings (SSSR count). The number of ether oxygens (including phenoxy) is 1. The van der Waals surface area contributed by atoms with Crippen molar-refractivity contribution >= 4 is 99.9 Å². The molecule has 6 nitrogen and oxygen atoms in total. The maximum Gasteiger partial charge on any atom is 0.421 e. The van der Waals surface area contributed by atoms with Gasteiger partial charge in [-0.25, -0.2) is 0 Å². The van der Waals surface area contributed by atoms with Gasteiger partial charge in [0.15, 0.2) is 0 Å².